The molecule has 0 unspecified atom stereocenters. The summed E-state index contributed by atoms with van der Waals surface area (Å²) in [4.78, 5) is 8.25. The van der Waals surface area contributed by atoms with Crippen LogP contribution in [0.5, 0.6) is 0 Å². The molecule has 0 N–H and O–H groups in total. The molecule has 0 atom stereocenters. The van der Waals surface area contributed by atoms with Crippen LogP contribution in [0.3, 0.4) is 0 Å². The Morgan fingerprint density at radius 2 is 1.60 bits per heavy atom. The second-order valence-corrected chi connectivity index (χ2v) is 0.224. The van der Waals surface area contributed by atoms with Gasteiger partial charge in [-0.25, -0.2) is 0 Å². The molecule has 0 aromatic heterocycles. The summed E-state index contributed by atoms with van der Waals surface area (Å²) in [5, 5.41) is 14.8. The summed E-state index contributed by atoms with van der Waals surface area (Å²) in [6, 6.07) is 0. The van der Waals surface area contributed by atoms with E-state index in [-0.39, 0.29) is 59.6 Å². The fourth-order valence-electron chi connectivity index (χ4n) is 0. The third kappa shape index (κ3) is 44.7. The summed E-state index contributed by atoms with van der Waals surface area (Å²) < 4.78 is 0. The van der Waals surface area contributed by atoms with E-state index < -0.39 is 5.09 Å². The van der Waals surface area contributed by atoms with E-state index >= 15 is 0 Å². The molecule has 0 amide bonds. The Morgan fingerprint density at radius 3 is 1.60 bits per heavy atom. The van der Waals surface area contributed by atoms with Crippen LogP contribution in [-0.4, -0.2) is 63.3 Å². The van der Waals surface area contributed by atoms with Gasteiger partial charge in [0.1, 0.15) is 0 Å². The molecule has 0 spiro atoms. The predicted octanol–water partition coefficient (Wildman–Crippen LogP) is -0.775. The van der Waals surface area contributed by atoms with Gasteiger partial charge in [0, 0.05) is 0 Å². The molecule has 0 fully saturated rings. The van der Waals surface area contributed by atoms with Crippen molar-refractivity contribution in [3.63, 3.8) is 0 Å². The third-order valence-corrected chi connectivity index (χ3v) is 0. The fourth-order valence-corrected chi connectivity index (χ4v) is 0. The Bertz CT molecular complexity index is 33.8. The molecule has 0 aliphatic heterocycles. The van der Waals surface area contributed by atoms with Gasteiger partial charge in [-0.2, -0.15) is 0 Å². The fraction of sp³-hybridized carbons (Fsp3) is 0. The Balaban J connectivity index is -0.0000000450. The quantitative estimate of drug-likeness (QED) is 0.335. The van der Waals surface area contributed by atoms with Gasteiger partial charge in [0.05, 0.1) is 5.09 Å². The van der Waals surface area contributed by atoms with Crippen molar-refractivity contribution in [3.8, 4) is 0 Å². The van der Waals surface area contributed by atoms with Crippen molar-refractivity contribution in [2.45, 2.75) is 0 Å². The molecule has 26 valence electrons. The van der Waals surface area contributed by atoms with Gasteiger partial charge in [0.15, 0.2) is 0 Å². The van der Waals surface area contributed by atoms with Gasteiger partial charge in [-0.05, 0) is 0 Å². The van der Waals surface area contributed by atoms with Crippen LogP contribution in [0.15, 0.2) is 0 Å². The maximum absolute atomic E-state index is 8.25. The number of rotatable bonds is 0. The van der Waals surface area contributed by atoms with Crippen LogP contribution in [0.2, 0.25) is 0 Å². The topological polar surface area (TPSA) is 66.2 Å². The van der Waals surface area contributed by atoms with Crippen molar-refractivity contribution in [2.75, 3.05) is 0 Å². The van der Waals surface area contributed by atoms with E-state index in [9.17, 15) is 0 Å². The van der Waals surface area contributed by atoms with Crippen LogP contribution in [-0.2, 0) is 0 Å². The van der Waals surface area contributed by atoms with Crippen LogP contribution in [0, 0.1) is 15.3 Å². The van der Waals surface area contributed by atoms with Gasteiger partial charge in [-0.3, -0.25) is 0 Å². The zero-order valence-corrected chi connectivity index (χ0v) is 1.67. The molecule has 5 heteroatoms. The molecule has 0 bridgehead atoms. The van der Waals surface area contributed by atoms with Gasteiger partial charge in [0.25, 0.3) is 0 Å². The summed E-state index contributed by atoms with van der Waals surface area (Å²) in [6.45, 7) is 0. The number of hydrogen-bond donors (Lipinski definition) is 0. The standard InChI is InChI=1S/NO3.Rb.H/c2-1(3)4;;/q-1;;/p+1. The van der Waals surface area contributed by atoms with Crippen molar-refractivity contribution in [1.29, 1.82) is 0 Å². The normalized spacial score (nSPS) is 4.80. The molecule has 0 saturated carbocycles. The van der Waals surface area contributed by atoms with E-state index in [1.165, 1.54) is 0 Å². The minimum absolute atomic E-state index is 0. The first-order valence-corrected chi connectivity index (χ1v) is 0.548. The number of hydrogen-bond acceptors (Lipinski definition) is 3. The third-order valence-electron chi connectivity index (χ3n) is 0. The average molecular weight is 149 g/mol. The maximum atomic E-state index is 8.25. The molecule has 0 aromatic rings. The van der Waals surface area contributed by atoms with Crippen molar-refractivity contribution in [2.24, 2.45) is 0 Å². The summed E-state index contributed by atoms with van der Waals surface area (Å²) in [6.07, 6.45) is 0. The van der Waals surface area contributed by atoms with E-state index in [4.69, 9.17) is 15.3 Å². The van der Waals surface area contributed by atoms with E-state index in [1.807, 2.05) is 0 Å². The summed E-state index contributed by atoms with van der Waals surface area (Å²) in [7, 11) is 0. The molecule has 0 saturated heterocycles. The van der Waals surface area contributed by atoms with Crippen molar-refractivity contribution in [3.05, 3.63) is 15.3 Å². The van der Waals surface area contributed by atoms with Crippen LogP contribution in [0.4, 0.5) is 0 Å². The molecule has 0 aliphatic rings. The molecule has 0 radical (unpaired) electrons. The summed E-state index contributed by atoms with van der Waals surface area (Å²) in [5.41, 5.74) is 0. The van der Waals surface area contributed by atoms with Gasteiger partial charge in [-0.15, -0.1) is 0 Å². The van der Waals surface area contributed by atoms with E-state index in [0.717, 1.165) is 0 Å². The Hall–Kier alpha value is 1.01. The monoisotopic (exact) mass is 149 g/mol. The zero-order chi connectivity index (χ0) is 3.58. The van der Waals surface area contributed by atoms with Gasteiger partial charge < -0.3 is 15.3 Å². The first-order valence-electron chi connectivity index (χ1n) is 0.548. The van der Waals surface area contributed by atoms with E-state index in [1.54, 1.807) is 0 Å². The Kier molecular flexibility index (Phi) is 9.39. The Labute approximate surface area is 78.6 Å². The molecule has 0 aliphatic carbocycles. The van der Waals surface area contributed by atoms with Crippen LogP contribution < -0.4 is 0 Å². The van der Waals surface area contributed by atoms with Crippen molar-refractivity contribution < 1.29 is 6.51 Å². The summed E-state index contributed by atoms with van der Waals surface area (Å²) in [5.74, 6) is 0. The van der Waals surface area contributed by atoms with Crippen LogP contribution in [0.25, 0.3) is 0 Å². The minimum atomic E-state index is -1.75. The second kappa shape index (κ2) is 5.01. The molecule has 4 nitrogen and oxygen atoms in total. The molecule has 0 aromatic carbocycles. The molecule has 0 rings (SSSR count). The Morgan fingerprint density at radius 1 is 1.60 bits per heavy atom. The van der Waals surface area contributed by atoms with Crippen LogP contribution >= 0.6 is 0 Å². The zero-order valence-electron chi connectivity index (χ0n) is 2.67. The SMILES string of the molecule is O=[N+]([O-])[O-].[H+].[RbH]. The van der Waals surface area contributed by atoms with Crippen molar-refractivity contribution in [1.82, 2.24) is 0 Å². The molecular weight excluding hydrogens is 147 g/mol. The van der Waals surface area contributed by atoms with Crippen LogP contribution in [0.1, 0.15) is 1.43 Å². The predicted molar refractivity (Wildman–Crippen MR) is 18.6 cm³/mol. The van der Waals surface area contributed by atoms with E-state index in [2.05, 4.69) is 0 Å². The van der Waals surface area contributed by atoms with E-state index in [0.29, 0.717) is 0 Å². The van der Waals surface area contributed by atoms with Gasteiger partial charge in [-0.1, -0.05) is 0 Å². The first-order chi connectivity index (χ1) is 1.73. The molecular formula is H2NO3Rb. The molecule has 5 heavy (non-hydrogen) atoms. The van der Waals surface area contributed by atoms with Gasteiger partial charge >= 0.3 is 59.6 Å². The second-order valence-electron chi connectivity index (χ2n) is 0.224. The average Bonchev–Trinajstić information content (AvgIpc) is 0.811. The first kappa shape index (κ1) is 9.38. The molecule has 0 heterocycles. The van der Waals surface area contributed by atoms with Gasteiger partial charge in [0.2, 0.25) is 0 Å². The number of nitrogens with zero attached hydrogens (tertiary/aromatic N) is 1. The van der Waals surface area contributed by atoms with Crippen molar-refractivity contribution >= 4 is 58.2 Å². The summed E-state index contributed by atoms with van der Waals surface area (Å²) >= 11 is 0.